The standard InChI is InChI=1S/C4H6O6.5K.H3O4P/c5-1(3(7)8)2(6)4(9)10;;;;;;1-5(2,3)4/h1-2,5-6H,(H,7,8)(H,9,10);;;;;;(H3,1,2,3,4)/q;5*+1;/p-5. The first-order chi connectivity index (χ1) is 6.46. The molecule has 0 aliphatic heterocycles. The summed E-state index contributed by atoms with van der Waals surface area (Å²) in [6.07, 6.45) is -4.88. The number of carbonyl (C=O) groups excluding carboxylic acids is 2. The van der Waals surface area contributed by atoms with Gasteiger partial charge in [0.25, 0.3) is 0 Å². The Morgan fingerprint density at radius 2 is 0.850 bits per heavy atom. The van der Waals surface area contributed by atoms with E-state index in [1.54, 1.807) is 0 Å². The van der Waals surface area contributed by atoms with Crippen molar-refractivity contribution in [3.05, 3.63) is 0 Å². The largest absolute Gasteiger partial charge is 1.00 e. The normalized spacial score (nSPS) is 10.8. The van der Waals surface area contributed by atoms with E-state index >= 15 is 0 Å². The number of aliphatic hydroxyl groups is 2. The van der Waals surface area contributed by atoms with Crippen molar-refractivity contribution in [1.82, 2.24) is 0 Å². The Bertz CT molecular complexity index is 257. The summed E-state index contributed by atoms with van der Waals surface area (Å²) in [5.41, 5.74) is 0. The zero-order chi connectivity index (χ0) is 12.8. The molecule has 0 saturated heterocycles. The number of aliphatic hydroxyl groups excluding tert-OH is 2. The Balaban J connectivity index is -0.0000000303. The molecule has 0 rings (SSSR count). The van der Waals surface area contributed by atoms with Crippen molar-refractivity contribution in [2.75, 3.05) is 0 Å². The van der Waals surface area contributed by atoms with Gasteiger partial charge in [0.2, 0.25) is 0 Å². The maximum atomic E-state index is 9.63. The van der Waals surface area contributed by atoms with Crippen molar-refractivity contribution in [2.24, 2.45) is 0 Å². The number of aliphatic carboxylic acids is 2. The van der Waals surface area contributed by atoms with Crippen LogP contribution in [-0.2, 0) is 14.2 Å². The van der Waals surface area contributed by atoms with Gasteiger partial charge in [0.05, 0.1) is 11.9 Å². The summed E-state index contributed by atoms with van der Waals surface area (Å²) in [4.78, 5) is 44.9. The SMILES string of the molecule is O=C([O-])C(O)C(O)C(=O)[O-].O=P([O-])([O-])[O-].[K+].[K+].[K+].[K+].[K+]. The number of carboxylic acids is 2. The van der Waals surface area contributed by atoms with Gasteiger partial charge in [-0.3, -0.25) is 0 Å². The van der Waals surface area contributed by atoms with Crippen LogP contribution >= 0.6 is 7.82 Å². The fourth-order valence-electron chi connectivity index (χ4n) is 0.258. The molecule has 0 fully saturated rings. The second-order valence-electron chi connectivity index (χ2n) is 1.97. The molecule has 0 spiro atoms. The number of hydrogen-bond donors (Lipinski definition) is 2. The van der Waals surface area contributed by atoms with Gasteiger partial charge in [-0.25, -0.2) is 0 Å². The zero-order valence-electron chi connectivity index (χ0n) is 11.8. The van der Waals surface area contributed by atoms with E-state index in [1.807, 2.05) is 0 Å². The van der Waals surface area contributed by atoms with Crippen LogP contribution in [0.1, 0.15) is 0 Å². The Morgan fingerprint density at radius 3 is 0.900 bits per heavy atom. The van der Waals surface area contributed by atoms with E-state index in [4.69, 9.17) is 29.5 Å². The van der Waals surface area contributed by atoms with Gasteiger partial charge in [0.1, 0.15) is 12.2 Å². The van der Waals surface area contributed by atoms with Crippen molar-refractivity contribution < 1.29 is 306 Å². The summed E-state index contributed by atoms with van der Waals surface area (Å²) in [5.74, 6) is -4.12. The molecular formula is C4H4K5O10P. The fraction of sp³-hybridized carbons (Fsp3) is 0.500. The van der Waals surface area contributed by atoms with Crippen LogP contribution in [-0.4, -0.2) is 34.4 Å². The molecule has 2 atom stereocenters. The molecule has 0 aliphatic carbocycles. The molecule has 0 saturated carbocycles. The van der Waals surface area contributed by atoms with Crippen molar-refractivity contribution in [2.45, 2.75) is 12.2 Å². The van der Waals surface area contributed by atoms with E-state index < -0.39 is 32.0 Å². The Hall–Kier alpha value is 7.15. The third-order valence-electron chi connectivity index (χ3n) is 0.782. The van der Waals surface area contributed by atoms with Crippen molar-refractivity contribution in [1.29, 1.82) is 0 Å². The first-order valence-electron chi connectivity index (χ1n) is 2.97. The van der Waals surface area contributed by atoms with Crippen LogP contribution in [0.3, 0.4) is 0 Å². The van der Waals surface area contributed by atoms with Gasteiger partial charge < -0.3 is 49.3 Å². The van der Waals surface area contributed by atoms with E-state index in [-0.39, 0.29) is 257 Å². The third kappa shape index (κ3) is 40.0. The van der Waals surface area contributed by atoms with Gasteiger partial charge in [-0.2, -0.15) is 7.82 Å². The maximum absolute atomic E-state index is 9.63. The van der Waals surface area contributed by atoms with Crippen molar-refractivity contribution >= 4 is 19.8 Å². The molecule has 0 radical (unpaired) electrons. The van der Waals surface area contributed by atoms with E-state index in [2.05, 4.69) is 0 Å². The second-order valence-corrected chi connectivity index (χ2v) is 2.87. The molecule has 0 aromatic heterocycles. The number of rotatable bonds is 3. The monoisotopic (exact) mass is 438 g/mol. The Morgan fingerprint density at radius 1 is 0.750 bits per heavy atom. The number of carboxylic acid groups (broad SMARTS) is 2. The van der Waals surface area contributed by atoms with Gasteiger partial charge in [-0.05, 0) is 0 Å². The topological polar surface area (TPSA) is 207 Å². The Kier molecular flexibility index (Phi) is 59.8. The minimum atomic E-state index is -5.39. The van der Waals surface area contributed by atoms with Gasteiger partial charge in [-0.15, -0.1) is 0 Å². The van der Waals surface area contributed by atoms with Gasteiger partial charge in [0.15, 0.2) is 0 Å². The molecule has 0 bridgehead atoms. The molecule has 16 heteroatoms. The zero-order valence-corrected chi connectivity index (χ0v) is 28.3. The van der Waals surface area contributed by atoms with Crippen LogP contribution < -0.4 is 282 Å². The number of carbonyl (C=O) groups is 2. The molecule has 0 aromatic carbocycles. The number of hydrogen-bond acceptors (Lipinski definition) is 10. The molecule has 2 N–H and O–H groups in total. The van der Waals surface area contributed by atoms with Crippen LogP contribution in [0.4, 0.5) is 0 Å². The average molecular weight is 439 g/mol. The first kappa shape index (κ1) is 45.7. The molecular weight excluding hydrogens is 434 g/mol. The summed E-state index contributed by atoms with van der Waals surface area (Å²) in [6.45, 7) is 0. The van der Waals surface area contributed by atoms with Gasteiger partial charge >= 0.3 is 257 Å². The third-order valence-corrected chi connectivity index (χ3v) is 0.782. The fourth-order valence-corrected chi connectivity index (χ4v) is 0.258. The van der Waals surface area contributed by atoms with Gasteiger partial charge in [-0.1, -0.05) is 0 Å². The summed E-state index contributed by atoms with van der Waals surface area (Å²) < 4.78 is 8.55. The minimum Gasteiger partial charge on any atom is -0.822 e. The second kappa shape index (κ2) is 26.2. The summed E-state index contributed by atoms with van der Waals surface area (Å²) in [5, 5.41) is 35.7. The van der Waals surface area contributed by atoms with Crippen LogP contribution in [0.15, 0.2) is 0 Å². The average Bonchev–Trinajstić information content (AvgIpc) is 1.98. The number of phosphoric acid groups is 1. The molecule has 0 heterocycles. The Labute approximate surface area is 327 Å². The van der Waals surface area contributed by atoms with Crippen LogP contribution in [0.2, 0.25) is 0 Å². The first-order valence-corrected chi connectivity index (χ1v) is 4.43. The van der Waals surface area contributed by atoms with Crippen molar-refractivity contribution in [3.8, 4) is 0 Å². The summed E-state index contributed by atoms with van der Waals surface area (Å²) in [7, 11) is -5.39. The minimum absolute atomic E-state index is 0. The van der Waals surface area contributed by atoms with E-state index in [0.29, 0.717) is 0 Å². The molecule has 20 heavy (non-hydrogen) atoms. The molecule has 0 amide bonds. The van der Waals surface area contributed by atoms with Crippen LogP contribution in [0.25, 0.3) is 0 Å². The predicted molar refractivity (Wildman–Crippen MR) is 29.6 cm³/mol. The molecule has 10 nitrogen and oxygen atoms in total. The van der Waals surface area contributed by atoms with Gasteiger partial charge in [0, 0.05) is 0 Å². The molecule has 0 aliphatic rings. The molecule has 0 aromatic rings. The quantitative estimate of drug-likeness (QED) is 0.314. The van der Waals surface area contributed by atoms with E-state index in [1.165, 1.54) is 0 Å². The van der Waals surface area contributed by atoms with Crippen molar-refractivity contribution in [3.63, 3.8) is 0 Å². The van der Waals surface area contributed by atoms with E-state index in [0.717, 1.165) is 0 Å². The van der Waals surface area contributed by atoms with Crippen LogP contribution in [0, 0.1) is 0 Å². The maximum Gasteiger partial charge on any atom is 1.00 e. The predicted octanol–water partition coefficient (Wildman–Crippen LogP) is -22.6. The molecule has 2 unspecified atom stereocenters. The summed E-state index contributed by atoms with van der Waals surface area (Å²) in [6, 6.07) is 0. The smallest absolute Gasteiger partial charge is 0.822 e. The molecule has 90 valence electrons. The van der Waals surface area contributed by atoms with E-state index in [9.17, 15) is 19.8 Å². The van der Waals surface area contributed by atoms with Crippen LogP contribution in [0.5, 0.6) is 0 Å². The summed E-state index contributed by atoms with van der Waals surface area (Å²) >= 11 is 0.